The number of benzene rings is 1. The number of hydrogen-bond donors (Lipinski definition) is 1. The number of nitrogens with one attached hydrogen (secondary N) is 1. The van der Waals surface area contributed by atoms with Gasteiger partial charge in [-0.3, -0.25) is 0 Å². The fourth-order valence-electron chi connectivity index (χ4n) is 3.04. The van der Waals surface area contributed by atoms with Crippen LogP contribution in [-0.4, -0.2) is 61.0 Å². The summed E-state index contributed by atoms with van der Waals surface area (Å²) in [5.74, 6) is 1.28. The molecule has 0 spiro atoms. The molecule has 1 aliphatic rings. The first kappa shape index (κ1) is 18.9. The molecule has 144 valence electrons. The quantitative estimate of drug-likeness (QED) is 0.759. The maximum absolute atomic E-state index is 12.3. The number of carbonyl (C=O) groups is 1. The molecule has 0 saturated carbocycles. The Hall–Kier alpha value is -2.83. The van der Waals surface area contributed by atoms with Crippen LogP contribution in [0.5, 0.6) is 5.88 Å². The van der Waals surface area contributed by atoms with E-state index < -0.39 is 0 Å². The largest absolute Gasteiger partial charge is 0.471 e. The van der Waals surface area contributed by atoms with Gasteiger partial charge < -0.3 is 19.9 Å². The maximum atomic E-state index is 12.3. The summed E-state index contributed by atoms with van der Waals surface area (Å²) >= 11 is 0. The van der Waals surface area contributed by atoms with Crippen LogP contribution in [-0.2, 0) is 6.42 Å². The van der Waals surface area contributed by atoms with E-state index in [0.717, 1.165) is 25.1 Å². The molecule has 1 saturated heterocycles. The van der Waals surface area contributed by atoms with Crippen molar-refractivity contribution in [3.05, 3.63) is 48.0 Å². The molecular weight excluding hydrogens is 342 g/mol. The Morgan fingerprint density at radius 1 is 1.22 bits per heavy atom. The van der Waals surface area contributed by atoms with Crippen LogP contribution in [0.15, 0.2) is 42.5 Å². The molecule has 27 heavy (non-hydrogen) atoms. The zero-order chi connectivity index (χ0) is 19.1. The third-order valence-corrected chi connectivity index (χ3v) is 4.57. The van der Waals surface area contributed by atoms with Gasteiger partial charge in [0.25, 0.3) is 0 Å². The zero-order valence-electron chi connectivity index (χ0n) is 16.0. The summed E-state index contributed by atoms with van der Waals surface area (Å²) in [7, 11) is 3.83. The van der Waals surface area contributed by atoms with E-state index in [9.17, 15) is 4.79 Å². The van der Waals surface area contributed by atoms with Crippen LogP contribution in [0.3, 0.4) is 0 Å². The van der Waals surface area contributed by atoms with Gasteiger partial charge in [-0.15, -0.1) is 10.2 Å². The monoisotopic (exact) mass is 369 g/mol. The molecular formula is C20H27N5O2. The zero-order valence-corrected chi connectivity index (χ0v) is 16.0. The van der Waals surface area contributed by atoms with E-state index in [0.29, 0.717) is 25.5 Å². The van der Waals surface area contributed by atoms with Gasteiger partial charge in [0.2, 0.25) is 5.88 Å². The van der Waals surface area contributed by atoms with E-state index in [2.05, 4.69) is 27.6 Å². The van der Waals surface area contributed by atoms with Crippen molar-refractivity contribution in [2.45, 2.75) is 25.4 Å². The molecule has 0 radical (unpaired) electrons. The number of rotatable bonds is 7. The summed E-state index contributed by atoms with van der Waals surface area (Å²) < 4.78 is 5.86. The van der Waals surface area contributed by atoms with Crippen molar-refractivity contribution in [2.24, 2.45) is 0 Å². The van der Waals surface area contributed by atoms with Crippen LogP contribution >= 0.6 is 0 Å². The Morgan fingerprint density at radius 3 is 2.74 bits per heavy atom. The second-order valence-electron chi connectivity index (χ2n) is 6.92. The predicted molar refractivity (Wildman–Crippen MR) is 105 cm³/mol. The Labute approximate surface area is 160 Å². The van der Waals surface area contributed by atoms with E-state index in [4.69, 9.17) is 4.74 Å². The average molecular weight is 369 g/mol. The van der Waals surface area contributed by atoms with Gasteiger partial charge in [0.1, 0.15) is 6.10 Å². The lowest BCUT2D eigenvalue weighted by Gasteiger charge is -2.18. The first-order valence-electron chi connectivity index (χ1n) is 9.36. The van der Waals surface area contributed by atoms with Gasteiger partial charge in [-0.05, 0) is 24.5 Å². The molecule has 1 aliphatic heterocycles. The van der Waals surface area contributed by atoms with Crippen molar-refractivity contribution in [2.75, 3.05) is 38.6 Å². The molecule has 7 nitrogen and oxygen atoms in total. The normalized spacial score (nSPS) is 16.2. The lowest BCUT2D eigenvalue weighted by molar-refractivity contribution is 0.182. The number of aromatic nitrogens is 2. The first-order chi connectivity index (χ1) is 13.1. The highest BCUT2D eigenvalue weighted by molar-refractivity contribution is 5.74. The number of carbonyl (C=O) groups excluding carboxylic acids is 1. The molecule has 1 N–H and O–H groups in total. The minimum absolute atomic E-state index is 0.0248. The number of ether oxygens (including phenoxy) is 1. The summed E-state index contributed by atoms with van der Waals surface area (Å²) in [5.41, 5.74) is 1.29. The predicted octanol–water partition coefficient (Wildman–Crippen LogP) is 2.34. The van der Waals surface area contributed by atoms with Crippen LogP contribution in [0.2, 0.25) is 0 Å². The van der Waals surface area contributed by atoms with Crippen molar-refractivity contribution < 1.29 is 9.53 Å². The molecule has 1 fully saturated rings. The van der Waals surface area contributed by atoms with Gasteiger partial charge in [-0.1, -0.05) is 30.3 Å². The number of urea groups is 1. The second kappa shape index (κ2) is 9.21. The number of anilines is 1. The van der Waals surface area contributed by atoms with Gasteiger partial charge in [0.05, 0.1) is 6.54 Å². The summed E-state index contributed by atoms with van der Waals surface area (Å²) in [6.45, 7) is 1.94. The van der Waals surface area contributed by atoms with Crippen molar-refractivity contribution >= 4 is 11.8 Å². The first-order valence-corrected chi connectivity index (χ1v) is 9.36. The van der Waals surface area contributed by atoms with E-state index in [1.165, 1.54) is 5.56 Å². The molecule has 2 amide bonds. The topological polar surface area (TPSA) is 70.6 Å². The third-order valence-electron chi connectivity index (χ3n) is 4.57. The number of nitrogens with zero attached hydrogens (tertiary/aromatic N) is 4. The van der Waals surface area contributed by atoms with Crippen LogP contribution < -0.4 is 15.0 Å². The molecule has 1 atom stereocenters. The Kier molecular flexibility index (Phi) is 6.46. The number of aryl methyl sites for hydroxylation is 1. The van der Waals surface area contributed by atoms with Gasteiger partial charge in [-0.2, -0.15) is 0 Å². The standard InChI is InChI=1S/C20H27N5O2/c1-24(2)18-10-11-19(23-22-18)27-17-12-14-25(15-17)20(26)21-13-6-9-16-7-4-3-5-8-16/h3-5,7-8,10-11,17H,6,9,12-15H2,1-2H3,(H,21,26). The Morgan fingerprint density at radius 2 is 2.04 bits per heavy atom. The lowest BCUT2D eigenvalue weighted by atomic mass is 10.1. The molecule has 1 aromatic heterocycles. The highest BCUT2D eigenvalue weighted by Gasteiger charge is 2.27. The van der Waals surface area contributed by atoms with Gasteiger partial charge in [0.15, 0.2) is 5.82 Å². The fourth-order valence-corrected chi connectivity index (χ4v) is 3.04. The molecule has 0 aliphatic carbocycles. The van der Waals surface area contributed by atoms with E-state index in [-0.39, 0.29) is 12.1 Å². The second-order valence-corrected chi connectivity index (χ2v) is 6.92. The van der Waals surface area contributed by atoms with Crippen LogP contribution in [0.1, 0.15) is 18.4 Å². The SMILES string of the molecule is CN(C)c1ccc(OC2CCN(C(=O)NCCCc3ccccc3)C2)nn1. The summed E-state index contributed by atoms with van der Waals surface area (Å²) in [6.07, 6.45) is 2.65. The highest BCUT2D eigenvalue weighted by Crippen LogP contribution is 2.17. The summed E-state index contributed by atoms with van der Waals surface area (Å²) in [5, 5.41) is 11.2. The molecule has 1 aromatic carbocycles. The van der Waals surface area contributed by atoms with Gasteiger partial charge >= 0.3 is 6.03 Å². The molecule has 2 aromatic rings. The third kappa shape index (κ3) is 5.57. The Balaban J connectivity index is 1.37. The molecule has 3 rings (SSSR count). The number of likely N-dealkylation sites (tertiary alicyclic amines) is 1. The van der Waals surface area contributed by atoms with Gasteiger partial charge in [0, 0.05) is 39.7 Å². The minimum Gasteiger partial charge on any atom is -0.471 e. The molecule has 7 heteroatoms. The molecule has 0 bridgehead atoms. The van der Waals surface area contributed by atoms with Crippen LogP contribution in [0.25, 0.3) is 0 Å². The molecule has 2 heterocycles. The Bertz CT molecular complexity index is 721. The average Bonchev–Trinajstić information content (AvgIpc) is 3.15. The number of amides is 2. The molecule has 1 unspecified atom stereocenters. The van der Waals surface area contributed by atoms with Crippen molar-refractivity contribution in [3.8, 4) is 5.88 Å². The van der Waals surface area contributed by atoms with E-state index in [1.54, 1.807) is 4.90 Å². The fraction of sp³-hybridized carbons (Fsp3) is 0.450. The summed E-state index contributed by atoms with van der Waals surface area (Å²) in [4.78, 5) is 16.0. The maximum Gasteiger partial charge on any atom is 0.317 e. The lowest BCUT2D eigenvalue weighted by Crippen LogP contribution is -2.39. The van der Waals surface area contributed by atoms with Gasteiger partial charge in [-0.25, -0.2) is 4.79 Å². The minimum atomic E-state index is -0.0421. The number of hydrogen-bond acceptors (Lipinski definition) is 5. The van der Waals surface area contributed by atoms with Crippen LogP contribution in [0.4, 0.5) is 10.6 Å². The van der Waals surface area contributed by atoms with E-state index in [1.807, 2.05) is 49.3 Å². The van der Waals surface area contributed by atoms with E-state index >= 15 is 0 Å². The van der Waals surface area contributed by atoms with Crippen molar-refractivity contribution in [1.29, 1.82) is 0 Å². The summed E-state index contributed by atoms with van der Waals surface area (Å²) in [6, 6.07) is 14.0. The smallest absolute Gasteiger partial charge is 0.317 e. The van der Waals surface area contributed by atoms with Crippen molar-refractivity contribution in [1.82, 2.24) is 20.4 Å². The van der Waals surface area contributed by atoms with Crippen LogP contribution in [0, 0.1) is 0 Å². The van der Waals surface area contributed by atoms with Crippen molar-refractivity contribution in [3.63, 3.8) is 0 Å². The highest BCUT2D eigenvalue weighted by atomic mass is 16.5.